The maximum atomic E-state index is 12.7. The molecule has 144 valence electrons. The summed E-state index contributed by atoms with van der Waals surface area (Å²) in [5, 5.41) is 14.5. The average Bonchev–Trinajstić information content (AvgIpc) is 3.53. The number of benzene rings is 2. The van der Waals surface area contributed by atoms with Gasteiger partial charge >= 0.3 is 0 Å². The summed E-state index contributed by atoms with van der Waals surface area (Å²) in [5.74, 6) is -0.594. The summed E-state index contributed by atoms with van der Waals surface area (Å²) < 4.78 is 0. The van der Waals surface area contributed by atoms with Crippen molar-refractivity contribution in [2.45, 2.75) is 26.7 Å². The first-order valence-electron chi connectivity index (χ1n) is 9.50. The average molecular weight is 376 g/mol. The molecule has 0 bridgehead atoms. The van der Waals surface area contributed by atoms with Gasteiger partial charge in [0.25, 0.3) is 0 Å². The predicted molar refractivity (Wildman–Crippen MR) is 110 cm³/mol. The van der Waals surface area contributed by atoms with E-state index in [1.807, 2.05) is 30.3 Å². The number of nitrogens with zero attached hydrogens (tertiary/aromatic N) is 2. The molecule has 2 N–H and O–H groups in total. The molecule has 6 nitrogen and oxygen atoms in total. The van der Waals surface area contributed by atoms with Crippen molar-refractivity contribution in [1.82, 2.24) is 0 Å². The van der Waals surface area contributed by atoms with E-state index < -0.39 is 5.41 Å². The van der Waals surface area contributed by atoms with Crippen molar-refractivity contribution in [2.24, 2.45) is 5.41 Å². The molecule has 0 unspecified atom stereocenters. The SMILES string of the molecule is CCN(CC)c1ccc(NC(=O)C2(C(=O)Nc3ccc(C#N)cc3)CC2)cc1. The molecule has 0 aliphatic heterocycles. The van der Waals surface area contributed by atoms with Crippen molar-refractivity contribution < 1.29 is 9.59 Å². The molecule has 0 atom stereocenters. The molecule has 1 aliphatic rings. The fourth-order valence-corrected chi connectivity index (χ4v) is 3.16. The second kappa shape index (κ2) is 8.13. The van der Waals surface area contributed by atoms with Gasteiger partial charge in [0.2, 0.25) is 11.8 Å². The number of nitrogens with one attached hydrogen (secondary N) is 2. The monoisotopic (exact) mass is 376 g/mol. The van der Waals surface area contributed by atoms with E-state index in [-0.39, 0.29) is 11.8 Å². The Bertz CT molecular complexity index is 890. The van der Waals surface area contributed by atoms with E-state index in [0.717, 1.165) is 18.8 Å². The summed E-state index contributed by atoms with van der Waals surface area (Å²) in [6.45, 7) is 6.03. The highest BCUT2D eigenvalue weighted by Gasteiger charge is 2.56. The van der Waals surface area contributed by atoms with Crippen LogP contribution in [0.2, 0.25) is 0 Å². The predicted octanol–water partition coefficient (Wildman–Crippen LogP) is 3.76. The topological polar surface area (TPSA) is 85.2 Å². The Balaban J connectivity index is 1.64. The normalized spacial score (nSPS) is 13.9. The first-order chi connectivity index (χ1) is 13.5. The van der Waals surface area contributed by atoms with Gasteiger partial charge in [-0.05, 0) is 75.2 Å². The molecule has 2 aromatic rings. The first-order valence-corrected chi connectivity index (χ1v) is 9.50. The van der Waals surface area contributed by atoms with E-state index >= 15 is 0 Å². The number of carbonyl (C=O) groups excluding carboxylic acids is 2. The van der Waals surface area contributed by atoms with Gasteiger partial charge in [0.15, 0.2) is 0 Å². The minimum absolute atomic E-state index is 0.283. The molecule has 2 amide bonds. The van der Waals surface area contributed by atoms with Crippen LogP contribution in [0.1, 0.15) is 32.3 Å². The van der Waals surface area contributed by atoms with Gasteiger partial charge in [-0.1, -0.05) is 0 Å². The highest BCUT2D eigenvalue weighted by atomic mass is 16.2. The van der Waals surface area contributed by atoms with Gasteiger partial charge in [-0.2, -0.15) is 5.26 Å². The zero-order valence-corrected chi connectivity index (χ0v) is 16.2. The third kappa shape index (κ3) is 3.99. The fraction of sp³-hybridized carbons (Fsp3) is 0.318. The van der Waals surface area contributed by atoms with E-state index in [4.69, 9.17) is 5.26 Å². The van der Waals surface area contributed by atoms with Gasteiger partial charge in [0.1, 0.15) is 5.41 Å². The third-order valence-corrected chi connectivity index (χ3v) is 5.14. The van der Waals surface area contributed by atoms with Gasteiger partial charge in [-0.25, -0.2) is 0 Å². The van der Waals surface area contributed by atoms with Crippen LogP contribution < -0.4 is 15.5 Å². The Kier molecular flexibility index (Phi) is 5.65. The van der Waals surface area contributed by atoms with Crippen molar-refractivity contribution in [2.75, 3.05) is 28.6 Å². The van der Waals surface area contributed by atoms with Crippen LogP contribution >= 0.6 is 0 Å². The van der Waals surface area contributed by atoms with Crippen molar-refractivity contribution in [3.63, 3.8) is 0 Å². The number of rotatable bonds is 7. The molecule has 3 rings (SSSR count). The van der Waals surface area contributed by atoms with Gasteiger partial charge in [-0.3, -0.25) is 9.59 Å². The molecule has 1 saturated carbocycles. The van der Waals surface area contributed by atoms with Gasteiger partial charge in [-0.15, -0.1) is 0 Å². The quantitative estimate of drug-likeness (QED) is 0.721. The summed E-state index contributed by atoms with van der Waals surface area (Å²) in [5.41, 5.74) is 1.85. The minimum Gasteiger partial charge on any atom is -0.372 e. The van der Waals surface area contributed by atoms with E-state index in [2.05, 4.69) is 29.4 Å². The molecule has 6 heteroatoms. The maximum absolute atomic E-state index is 12.7. The molecule has 0 heterocycles. The van der Waals surface area contributed by atoms with Crippen molar-refractivity contribution in [3.8, 4) is 6.07 Å². The van der Waals surface area contributed by atoms with E-state index in [9.17, 15) is 9.59 Å². The van der Waals surface area contributed by atoms with Crippen molar-refractivity contribution in [1.29, 1.82) is 5.26 Å². The summed E-state index contributed by atoms with van der Waals surface area (Å²) in [6, 6.07) is 16.3. The second-order valence-electron chi connectivity index (χ2n) is 6.90. The standard InChI is InChI=1S/C22H24N4O2/c1-3-26(4-2)19-11-9-18(10-12-19)25-21(28)22(13-14-22)20(27)24-17-7-5-16(15-23)6-8-17/h5-12H,3-4,13-14H2,1-2H3,(H,24,27)(H,25,28). The zero-order chi connectivity index (χ0) is 20.1. The van der Waals surface area contributed by atoms with E-state index in [1.54, 1.807) is 24.3 Å². The molecule has 0 radical (unpaired) electrons. The number of hydrogen-bond donors (Lipinski definition) is 2. The van der Waals surface area contributed by atoms with Crippen LogP contribution in [0.25, 0.3) is 0 Å². The highest BCUT2D eigenvalue weighted by Crippen LogP contribution is 2.47. The molecule has 0 saturated heterocycles. The van der Waals surface area contributed by atoms with Crippen LogP contribution in [-0.2, 0) is 9.59 Å². The number of nitriles is 1. The molecule has 28 heavy (non-hydrogen) atoms. The lowest BCUT2D eigenvalue weighted by Gasteiger charge is -2.21. The maximum Gasteiger partial charge on any atom is 0.240 e. The lowest BCUT2D eigenvalue weighted by atomic mass is 10.0. The van der Waals surface area contributed by atoms with Crippen molar-refractivity contribution in [3.05, 3.63) is 54.1 Å². The zero-order valence-electron chi connectivity index (χ0n) is 16.2. The van der Waals surface area contributed by atoms with Crippen LogP contribution in [0, 0.1) is 16.7 Å². The molecule has 2 aromatic carbocycles. The minimum atomic E-state index is -1.02. The Morgan fingerprint density at radius 1 is 0.929 bits per heavy atom. The summed E-state index contributed by atoms with van der Waals surface area (Å²) in [6.07, 6.45) is 1.05. The molecule has 1 fully saturated rings. The Morgan fingerprint density at radius 3 is 1.79 bits per heavy atom. The number of anilines is 3. The number of carbonyl (C=O) groups is 2. The Morgan fingerprint density at radius 2 is 1.39 bits per heavy atom. The number of hydrogen-bond acceptors (Lipinski definition) is 4. The summed E-state index contributed by atoms with van der Waals surface area (Å²) >= 11 is 0. The molecular formula is C22H24N4O2. The van der Waals surface area contributed by atoms with E-state index in [0.29, 0.717) is 29.8 Å². The van der Waals surface area contributed by atoms with Crippen LogP contribution in [0.3, 0.4) is 0 Å². The lowest BCUT2D eigenvalue weighted by molar-refractivity contribution is -0.131. The van der Waals surface area contributed by atoms with Crippen molar-refractivity contribution >= 4 is 28.9 Å². The van der Waals surface area contributed by atoms with Crippen LogP contribution in [0.15, 0.2) is 48.5 Å². The van der Waals surface area contributed by atoms with Gasteiger partial charge in [0, 0.05) is 30.2 Å². The summed E-state index contributed by atoms with van der Waals surface area (Å²) in [4.78, 5) is 27.6. The molecule has 0 aromatic heterocycles. The third-order valence-electron chi connectivity index (χ3n) is 5.14. The van der Waals surface area contributed by atoms with Crippen LogP contribution in [0.4, 0.5) is 17.1 Å². The molecule has 0 spiro atoms. The van der Waals surface area contributed by atoms with Gasteiger partial charge in [0.05, 0.1) is 11.6 Å². The largest absolute Gasteiger partial charge is 0.372 e. The molecule has 1 aliphatic carbocycles. The fourth-order valence-electron chi connectivity index (χ4n) is 3.16. The number of amides is 2. The second-order valence-corrected chi connectivity index (χ2v) is 6.90. The molecular weight excluding hydrogens is 352 g/mol. The van der Waals surface area contributed by atoms with E-state index in [1.165, 1.54) is 0 Å². The first kappa shape index (κ1) is 19.4. The van der Waals surface area contributed by atoms with Gasteiger partial charge < -0.3 is 15.5 Å². The van der Waals surface area contributed by atoms with Crippen LogP contribution in [-0.4, -0.2) is 24.9 Å². The Labute approximate surface area is 165 Å². The highest BCUT2D eigenvalue weighted by molar-refractivity contribution is 6.16. The Hall–Kier alpha value is -3.33. The smallest absolute Gasteiger partial charge is 0.240 e. The van der Waals surface area contributed by atoms with Crippen LogP contribution in [0.5, 0.6) is 0 Å². The lowest BCUT2D eigenvalue weighted by Crippen LogP contribution is -2.35. The summed E-state index contributed by atoms with van der Waals surface area (Å²) in [7, 11) is 0.